The van der Waals surface area contributed by atoms with Crippen LogP contribution in [-0.2, 0) is 24.4 Å². The molecule has 1 saturated carbocycles. The van der Waals surface area contributed by atoms with Gasteiger partial charge in [-0.15, -0.1) is 6.58 Å². The number of ether oxygens (including phenoxy) is 5. The van der Waals surface area contributed by atoms with Gasteiger partial charge in [0.15, 0.2) is 0 Å². The number of nitrogens with zero attached hydrogens (tertiary/aromatic N) is 2. The molecule has 3 aliphatic rings. The number of hydrogen-bond donors (Lipinski definition) is 4. The first-order valence-electron chi connectivity index (χ1n) is 22.1. The second kappa shape index (κ2) is 22.2. The van der Waals surface area contributed by atoms with Crippen LogP contribution in [0.4, 0.5) is 16.2 Å². The lowest BCUT2D eigenvalue weighted by molar-refractivity contribution is -0.251. The Balaban J connectivity index is 1.54. The number of anilines is 2. The minimum absolute atomic E-state index is 0.00973. The highest BCUT2D eigenvalue weighted by Crippen LogP contribution is 2.62. The van der Waals surface area contributed by atoms with E-state index >= 15 is 8.42 Å². The predicted molar refractivity (Wildman–Crippen MR) is 246 cm³/mol. The second-order valence-electron chi connectivity index (χ2n) is 16.4. The van der Waals surface area contributed by atoms with Crippen LogP contribution in [0, 0.1) is 17.8 Å². The zero-order chi connectivity index (χ0) is 46.7. The molecule has 1 fully saturated rings. The average molecular weight is 919 g/mol. The summed E-state index contributed by atoms with van der Waals surface area (Å²) in [6.07, 6.45) is 7.55. The number of hydrogen-bond acceptors (Lipinski definition) is 13. The van der Waals surface area contributed by atoms with Gasteiger partial charge in [0.25, 0.3) is 0 Å². The van der Waals surface area contributed by atoms with Gasteiger partial charge < -0.3 is 44.1 Å². The number of allylic oxidation sites excluding steroid dienone is 1. The van der Waals surface area contributed by atoms with E-state index in [1.54, 1.807) is 54.6 Å². The number of unbranched alkanes of at least 4 members (excludes halogenated alkanes) is 2. The monoisotopic (exact) mass is 918 g/mol. The quantitative estimate of drug-likeness (QED) is 0.0437. The van der Waals surface area contributed by atoms with Crippen molar-refractivity contribution >= 4 is 39.1 Å². The van der Waals surface area contributed by atoms with Crippen molar-refractivity contribution in [2.75, 3.05) is 58.3 Å². The van der Waals surface area contributed by atoms with Crippen LogP contribution < -0.4 is 29.6 Å². The summed E-state index contributed by atoms with van der Waals surface area (Å²) >= 11 is 0. The summed E-state index contributed by atoms with van der Waals surface area (Å²) in [4.78, 5) is 30.9. The molecule has 0 unspecified atom stereocenters. The molecule has 0 spiro atoms. The van der Waals surface area contributed by atoms with E-state index in [1.807, 2.05) is 6.92 Å². The van der Waals surface area contributed by atoms with Crippen molar-refractivity contribution < 1.29 is 56.7 Å². The molecule has 0 radical (unpaired) electrons. The van der Waals surface area contributed by atoms with E-state index in [0.717, 1.165) is 24.0 Å². The Morgan fingerprint density at radius 3 is 2.32 bits per heavy atom. The number of nitrogens with one attached hydrogen (secondary N) is 2. The van der Waals surface area contributed by atoms with Gasteiger partial charge in [0.05, 0.1) is 49.1 Å². The van der Waals surface area contributed by atoms with E-state index in [1.165, 1.54) is 44.7 Å². The van der Waals surface area contributed by atoms with E-state index in [2.05, 4.69) is 28.4 Å². The third-order valence-electron chi connectivity index (χ3n) is 12.3. The second-order valence-corrected chi connectivity index (χ2v) is 18.2. The van der Waals surface area contributed by atoms with Crippen molar-refractivity contribution in [2.24, 2.45) is 22.9 Å². The molecule has 3 aromatic rings. The van der Waals surface area contributed by atoms with Gasteiger partial charge in [-0.1, -0.05) is 37.1 Å². The summed E-state index contributed by atoms with van der Waals surface area (Å²) in [5.74, 6) is -1.64. The Hall–Kier alpha value is -5.46. The number of aliphatic hydroxyl groups excluding tert-OH is 2. The van der Waals surface area contributed by atoms with E-state index in [4.69, 9.17) is 28.5 Å². The van der Waals surface area contributed by atoms with Gasteiger partial charge in [0.1, 0.15) is 30.1 Å². The summed E-state index contributed by atoms with van der Waals surface area (Å²) in [5, 5.41) is 29.9. The van der Waals surface area contributed by atoms with E-state index in [0.29, 0.717) is 66.4 Å². The SMILES string of the molecule is C=CCO[C@@]12Oc3ccc(OC(=O)Nc4ccc(OC)cc4OC)cc3[C@H]3[C@H](CCCCO)[C@@H](CCCCO)C=C(C(=NOC)C[C@@H]1N(CCC)S(=O)(=O)c1ccc(NC(C)=O)cc1)[C@H]32. The van der Waals surface area contributed by atoms with Crippen molar-refractivity contribution in [1.82, 2.24) is 4.31 Å². The molecular weight excluding hydrogens is 857 g/mol. The molecular formula is C48H62N4O12S. The van der Waals surface area contributed by atoms with E-state index < -0.39 is 39.8 Å². The van der Waals surface area contributed by atoms with Crippen LogP contribution in [0.2, 0.25) is 0 Å². The molecule has 2 amide bonds. The molecule has 3 aromatic carbocycles. The van der Waals surface area contributed by atoms with Crippen LogP contribution in [0.5, 0.6) is 23.0 Å². The standard InChI is InChI=1S/C48H62N4O12S/c1-7-23-52(65(57,58)36-19-15-33(16-20-36)49-31(3)55)44-30-41(51-61-6)38-27-32(13-9-11-24-53)37(14-10-12-25-54)45-39-28-35(18-22-42(39)64-48(44,46(38)45)62-26-8-2)63-47(56)50-40-21-17-34(59-4)29-43(40)60-5/h8,15-22,27-29,32,37,44-46,53-54H,2,7,9-14,23-26,30H2,1,3-6H3,(H,49,55)(H,50,56)/t32-,37+,44-,45+,46+,48+/m0/s1. The third kappa shape index (κ3) is 10.7. The normalized spacial score (nSPS) is 22.7. The summed E-state index contributed by atoms with van der Waals surface area (Å²) in [6, 6.07) is 15.1. The Morgan fingerprint density at radius 2 is 1.68 bits per heavy atom. The fourth-order valence-electron chi connectivity index (χ4n) is 9.65. The van der Waals surface area contributed by atoms with Gasteiger partial charge in [0, 0.05) is 56.3 Å². The fourth-order valence-corrected chi connectivity index (χ4v) is 11.4. The molecule has 65 heavy (non-hydrogen) atoms. The Morgan fingerprint density at radius 1 is 0.954 bits per heavy atom. The highest BCUT2D eigenvalue weighted by molar-refractivity contribution is 7.89. The molecule has 6 rings (SSSR count). The number of amides is 2. The molecule has 1 heterocycles. The third-order valence-corrected chi connectivity index (χ3v) is 14.2. The lowest BCUT2D eigenvalue weighted by Gasteiger charge is -2.59. The maximum Gasteiger partial charge on any atom is 0.417 e. The lowest BCUT2D eigenvalue weighted by Crippen LogP contribution is -2.70. The van der Waals surface area contributed by atoms with Crippen LogP contribution in [0.3, 0.4) is 0 Å². The summed E-state index contributed by atoms with van der Waals surface area (Å²) in [6.45, 7) is 7.40. The Bertz CT molecular complexity index is 2320. The molecule has 2 aliphatic carbocycles. The zero-order valence-corrected chi connectivity index (χ0v) is 38.6. The first-order chi connectivity index (χ1) is 31.4. The molecule has 0 aromatic heterocycles. The number of oxime groups is 1. The van der Waals surface area contributed by atoms with Crippen LogP contribution >= 0.6 is 0 Å². The predicted octanol–water partition coefficient (Wildman–Crippen LogP) is 7.64. The first-order valence-corrected chi connectivity index (χ1v) is 23.5. The largest absolute Gasteiger partial charge is 0.497 e. The maximum absolute atomic E-state index is 15.1. The van der Waals surface area contributed by atoms with Gasteiger partial charge >= 0.3 is 6.09 Å². The highest BCUT2D eigenvalue weighted by Gasteiger charge is 2.66. The van der Waals surface area contributed by atoms with Crippen LogP contribution in [0.15, 0.2) is 95.0 Å². The van der Waals surface area contributed by atoms with Crippen molar-refractivity contribution in [2.45, 2.75) is 87.9 Å². The number of sulfonamides is 1. The van der Waals surface area contributed by atoms with Crippen LogP contribution in [-0.4, -0.2) is 100 Å². The first kappa shape index (κ1) is 49.0. The Labute approximate surface area is 381 Å². The summed E-state index contributed by atoms with van der Waals surface area (Å²) in [5.41, 5.74) is 2.87. The summed E-state index contributed by atoms with van der Waals surface area (Å²) < 4.78 is 62.6. The molecule has 352 valence electrons. The number of carbonyl (C=O) groups is 2. The molecule has 0 saturated heterocycles. The topological polar surface area (TPSA) is 204 Å². The number of aliphatic hydroxyl groups is 2. The number of carbonyl (C=O) groups excluding carboxylic acids is 2. The zero-order valence-electron chi connectivity index (χ0n) is 37.8. The minimum Gasteiger partial charge on any atom is -0.497 e. The smallest absolute Gasteiger partial charge is 0.417 e. The number of fused-ring (bicyclic) bond motifs is 2. The van der Waals surface area contributed by atoms with Crippen LogP contribution in [0.25, 0.3) is 0 Å². The van der Waals surface area contributed by atoms with E-state index in [-0.39, 0.29) is 61.2 Å². The van der Waals surface area contributed by atoms with Crippen molar-refractivity contribution in [3.05, 3.63) is 90.5 Å². The molecule has 16 nitrogen and oxygen atoms in total. The molecule has 0 bridgehead atoms. The number of rotatable bonds is 22. The van der Waals surface area contributed by atoms with Crippen molar-refractivity contribution in [3.63, 3.8) is 0 Å². The van der Waals surface area contributed by atoms with Crippen LogP contribution in [0.1, 0.15) is 76.7 Å². The number of benzene rings is 3. The number of methoxy groups -OCH3 is 2. The van der Waals surface area contributed by atoms with Gasteiger partial charge in [-0.05, 0) is 104 Å². The van der Waals surface area contributed by atoms with Crippen molar-refractivity contribution in [1.29, 1.82) is 0 Å². The van der Waals surface area contributed by atoms with Gasteiger partial charge in [-0.25, -0.2) is 13.2 Å². The highest BCUT2D eigenvalue weighted by atomic mass is 32.2. The van der Waals surface area contributed by atoms with E-state index in [9.17, 15) is 19.8 Å². The molecule has 4 N–H and O–H groups in total. The van der Waals surface area contributed by atoms with Gasteiger partial charge in [-0.3, -0.25) is 10.1 Å². The molecule has 6 atom stereocenters. The molecule has 1 aliphatic heterocycles. The minimum atomic E-state index is -4.29. The van der Waals surface area contributed by atoms with Gasteiger partial charge in [-0.2, -0.15) is 4.31 Å². The fraction of sp³-hybridized carbons (Fsp3) is 0.479. The summed E-state index contributed by atoms with van der Waals surface area (Å²) in [7, 11) is 0.183. The average Bonchev–Trinajstić information content (AvgIpc) is 3.29. The molecule has 17 heteroatoms. The Kier molecular flexibility index (Phi) is 16.7. The maximum atomic E-state index is 15.1. The van der Waals surface area contributed by atoms with Gasteiger partial charge in [0.2, 0.25) is 21.7 Å². The van der Waals surface area contributed by atoms with Crippen molar-refractivity contribution in [3.8, 4) is 23.0 Å². The lowest BCUT2D eigenvalue weighted by atomic mass is 9.55.